The van der Waals surface area contributed by atoms with Crippen LogP contribution in [0.3, 0.4) is 0 Å². The molecule has 1 aromatic heterocycles. The van der Waals surface area contributed by atoms with Gasteiger partial charge in [-0.1, -0.05) is 12.1 Å². The van der Waals surface area contributed by atoms with E-state index in [9.17, 15) is 5.11 Å². The van der Waals surface area contributed by atoms with E-state index in [1.807, 2.05) is 6.07 Å². The number of aromatic amines is 1. The summed E-state index contributed by atoms with van der Waals surface area (Å²) in [5.74, 6) is 0. The Morgan fingerprint density at radius 1 is 1.53 bits per heavy atom. The van der Waals surface area contributed by atoms with Crippen LogP contribution in [0.25, 0.3) is 10.9 Å². The summed E-state index contributed by atoms with van der Waals surface area (Å²) < 4.78 is 0. The number of hydrogen-bond donors (Lipinski definition) is 2. The molecule has 1 saturated heterocycles. The van der Waals surface area contributed by atoms with Crippen LogP contribution in [0.4, 0.5) is 0 Å². The summed E-state index contributed by atoms with van der Waals surface area (Å²) in [4.78, 5) is 2.19. The van der Waals surface area contributed by atoms with Crippen molar-refractivity contribution >= 4 is 10.9 Å². The van der Waals surface area contributed by atoms with Gasteiger partial charge in [0.15, 0.2) is 0 Å². The summed E-state index contributed by atoms with van der Waals surface area (Å²) in [6, 6.07) is 8.28. The Hall–Kier alpha value is -1.90. The topological polar surface area (TPSA) is 75.9 Å². The highest BCUT2D eigenvalue weighted by Crippen LogP contribution is 2.26. The van der Waals surface area contributed by atoms with Gasteiger partial charge in [-0.25, -0.2) is 0 Å². The van der Waals surface area contributed by atoms with Crippen molar-refractivity contribution in [2.24, 2.45) is 0 Å². The molecule has 0 spiro atoms. The minimum Gasteiger partial charge on any atom is -0.387 e. The smallest absolute Gasteiger partial charge is 0.0915 e. The van der Waals surface area contributed by atoms with E-state index in [1.54, 1.807) is 6.20 Å². The zero-order valence-corrected chi connectivity index (χ0v) is 10.6. The molecule has 0 amide bonds. The molecule has 98 valence electrons. The zero-order valence-electron chi connectivity index (χ0n) is 10.6. The third-order valence-electron chi connectivity index (χ3n) is 3.73. The van der Waals surface area contributed by atoms with Crippen LogP contribution in [0.15, 0.2) is 24.4 Å². The molecule has 1 fully saturated rings. The van der Waals surface area contributed by atoms with Crippen LogP contribution >= 0.6 is 0 Å². The van der Waals surface area contributed by atoms with Crippen LogP contribution in [0, 0.1) is 11.3 Å². The molecule has 1 aromatic carbocycles. The Balaban J connectivity index is 1.70. The van der Waals surface area contributed by atoms with E-state index < -0.39 is 5.60 Å². The third-order valence-corrected chi connectivity index (χ3v) is 3.73. The molecular formula is C14H16N4O. The van der Waals surface area contributed by atoms with E-state index in [4.69, 9.17) is 5.26 Å². The minimum absolute atomic E-state index is 0.211. The maximum absolute atomic E-state index is 10.2. The van der Waals surface area contributed by atoms with Gasteiger partial charge in [-0.05, 0) is 18.1 Å². The predicted molar refractivity (Wildman–Crippen MR) is 71.2 cm³/mol. The standard InChI is InChI=1S/C14H16N4O/c15-5-3-14(19)4-6-18(10-14)9-11-1-2-12-8-16-17-13(12)7-11/h1-2,7-8,19H,3-4,6,9-10H2,(H,16,17). The largest absolute Gasteiger partial charge is 0.387 e. The molecule has 1 unspecified atom stereocenters. The average molecular weight is 256 g/mol. The molecule has 3 rings (SSSR count). The molecule has 2 N–H and O–H groups in total. The first-order valence-corrected chi connectivity index (χ1v) is 6.42. The van der Waals surface area contributed by atoms with Gasteiger partial charge in [0.1, 0.15) is 0 Å². The highest BCUT2D eigenvalue weighted by Gasteiger charge is 2.35. The number of nitrogens with one attached hydrogen (secondary N) is 1. The van der Waals surface area contributed by atoms with Crippen molar-refractivity contribution in [1.29, 1.82) is 5.26 Å². The molecule has 19 heavy (non-hydrogen) atoms. The summed E-state index contributed by atoms with van der Waals surface area (Å²) in [6.45, 7) is 2.20. The Labute approximate surface area is 111 Å². The Bertz CT molecular complexity index is 630. The van der Waals surface area contributed by atoms with Gasteiger partial charge in [-0.2, -0.15) is 10.4 Å². The van der Waals surface area contributed by atoms with Crippen LogP contribution in [0.1, 0.15) is 18.4 Å². The van der Waals surface area contributed by atoms with Crippen molar-refractivity contribution in [3.63, 3.8) is 0 Å². The number of aliphatic hydroxyl groups is 1. The highest BCUT2D eigenvalue weighted by molar-refractivity contribution is 5.78. The lowest BCUT2D eigenvalue weighted by molar-refractivity contribution is 0.0532. The number of nitriles is 1. The second-order valence-electron chi connectivity index (χ2n) is 5.31. The maximum atomic E-state index is 10.2. The van der Waals surface area contributed by atoms with Gasteiger partial charge in [0.05, 0.1) is 29.8 Å². The lowest BCUT2D eigenvalue weighted by Gasteiger charge is -2.20. The molecule has 2 aromatic rings. The first-order chi connectivity index (χ1) is 9.18. The zero-order chi connectivity index (χ0) is 13.3. The van der Waals surface area contributed by atoms with E-state index in [1.165, 1.54) is 5.56 Å². The number of H-pyrrole nitrogens is 1. The van der Waals surface area contributed by atoms with Crippen molar-refractivity contribution in [1.82, 2.24) is 15.1 Å². The Morgan fingerprint density at radius 3 is 3.26 bits per heavy atom. The van der Waals surface area contributed by atoms with Crippen molar-refractivity contribution in [2.75, 3.05) is 13.1 Å². The molecule has 0 bridgehead atoms. The monoisotopic (exact) mass is 256 g/mol. The van der Waals surface area contributed by atoms with Gasteiger partial charge < -0.3 is 5.11 Å². The molecule has 0 aliphatic carbocycles. The second kappa shape index (κ2) is 4.65. The molecule has 1 atom stereocenters. The molecule has 5 nitrogen and oxygen atoms in total. The first kappa shape index (κ1) is 12.2. The van der Waals surface area contributed by atoms with Gasteiger partial charge in [-0.15, -0.1) is 0 Å². The summed E-state index contributed by atoms with van der Waals surface area (Å²) in [7, 11) is 0. The fourth-order valence-corrected chi connectivity index (χ4v) is 2.71. The van der Waals surface area contributed by atoms with Crippen LogP contribution in [0.2, 0.25) is 0 Å². The number of β-amino-alcohol motifs (C(OH)–C–C–N with tert-alkyl or cyclic N) is 1. The van der Waals surface area contributed by atoms with E-state index in [-0.39, 0.29) is 6.42 Å². The fourth-order valence-electron chi connectivity index (χ4n) is 2.71. The fraction of sp³-hybridized carbons (Fsp3) is 0.429. The average Bonchev–Trinajstić information content (AvgIpc) is 2.96. The maximum Gasteiger partial charge on any atom is 0.0915 e. The summed E-state index contributed by atoms with van der Waals surface area (Å²) in [5, 5.41) is 27.0. The molecule has 1 aliphatic rings. The summed E-state index contributed by atoms with van der Waals surface area (Å²) >= 11 is 0. The van der Waals surface area contributed by atoms with Crippen LogP contribution in [-0.2, 0) is 6.54 Å². The van der Waals surface area contributed by atoms with Crippen LogP contribution in [-0.4, -0.2) is 38.9 Å². The summed E-state index contributed by atoms with van der Waals surface area (Å²) in [5.41, 5.74) is 1.40. The second-order valence-corrected chi connectivity index (χ2v) is 5.31. The number of rotatable bonds is 3. The van der Waals surface area contributed by atoms with Gasteiger partial charge in [0.2, 0.25) is 0 Å². The van der Waals surface area contributed by atoms with E-state index in [2.05, 4.69) is 33.3 Å². The number of likely N-dealkylation sites (tertiary alicyclic amines) is 1. The quantitative estimate of drug-likeness (QED) is 0.870. The van der Waals surface area contributed by atoms with Crippen molar-refractivity contribution < 1.29 is 5.11 Å². The number of aromatic nitrogens is 2. The molecule has 0 radical (unpaired) electrons. The Kier molecular flexibility index (Phi) is 2.97. The molecule has 0 saturated carbocycles. The number of nitrogens with zero attached hydrogens (tertiary/aromatic N) is 3. The number of hydrogen-bond acceptors (Lipinski definition) is 4. The van der Waals surface area contributed by atoms with Gasteiger partial charge in [-0.3, -0.25) is 10.00 Å². The van der Waals surface area contributed by atoms with Gasteiger partial charge >= 0.3 is 0 Å². The van der Waals surface area contributed by atoms with Crippen LogP contribution < -0.4 is 0 Å². The predicted octanol–water partition coefficient (Wildman–Crippen LogP) is 1.41. The van der Waals surface area contributed by atoms with Gasteiger partial charge in [0, 0.05) is 25.0 Å². The lowest BCUT2D eigenvalue weighted by Crippen LogP contribution is -2.32. The summed E-state index contributed by atoms with van der Waals surface area (Å²) in [6.07, 6.45) is 2.69. The van der Waals surface area contributed by atoms with Crippen molar-refractivity contribution in [3.8, 4) is 6.07 Å². The molecule has 1 aliphatic heterocycles. The van der Waals surface area contributed by atoms with Crippen molar-refractivity contribution in [2.45, 2.75) is 25.0 Å². The minimum atomic E-state index is -0.827. The number of benzene rings is 1. The van der Waals surface area contributed by atoms with Crippen LogP contribution in [0.5, 0.6) is 0 Å². The molecule has 5 heteroatoms. The number of fused-ring (bicyclic) bond motifs is 1. The van der Waals surface area contributed by atoms with E-state index in [0.717, 1.165) is 24.0 Å². The van der Waals surface area contributed by atoms with Gasteiger partial charge in [0.25, 0.3) is 0 Å². The third kappa shape index (κ3) is 2.46. The SMILES string of the molecule is N#CCC1(O)CCN(Cc2ccc3cn[nH]c3c2)C1. The normalized spacial score (nSPS) is 23.8. The molecule has 2 heterocycles. The first-order valence-electron chi connectivity index (χ1n) is 6.42. The Morgan fingerprint density at radius 2 is 2.42 bits per heavy atom. The molecular weight excluding hydrogens is 240 g/mol. The lowest BCUT2D eigenvalue weighted by atomic mass is 10.0. The van der Waals surface area contributed by atoms with E-state index >= 15 is 0 Å². The van der Waals surface area contributed by atoms with E-state index in [0.29, 0.717) is 13.0 Å². The van der Waals surface area contributed by atoms with Crippen molar-refractivity contribution in [3.05, 3.63) is 30.0 Å². The highest BCUT2D eigenvalue weighted by atomic mass is 16.3.